The van der Waals surface area contributed by atoms with Gasteiger partial charge in [0.05, 0.1) is 6.10 Å². The van der Waals surface area contributed by atoms with E-state index < -0.39 is 5.60 Å². The molecular weight excluding hydrogens is 230 g/mol. The van der Waals surface area contributed by atoms with Crippen LogP contribution in [0.5, 0.6) is 0 Å². The van der Waals surface area contributed by atoms with Gasteiger partial charge in [-0.25, -0.2) is 4.79 Å². The number of ether oxygens (including phenoxy) is 2. The Hall–Kier alpha value is -0.770. The monoisotopic (exact) mass is 257 g/mol. The van der Waals surface area contributed by atoms with Crippen LogP contribution in [0.4, 0.5) is 4.79 Å². The molecule has 0 aromatic heterocycles. The van der Waals surface area contributed by atoms with Gasteiger partial charge in [0.1, 0.15) is 5.60 Å². The summed E-state index contributed by atoms with van der Waals surface area (Å²) >= 11 is 0. The molecule has 1 saturated carbocycles. The lowest BCUT2D eigenvalue weighted by Crippen LogP contribution is -2.46. The Kier molecular flexibility index (Phi) is 4.65. The van der Waals surface area contributed by atoms with Gasteiger partial charge >= 0.3 is 6.09 Å². The minimum Gasteiger partial charge on any atom is -0.444 e. The molecule has 0 radical (unpaired) electrons. The first-order chi connectivity index (χ1) is 8.11. The molecule has 4 heteroatoms. The van der Waals surface area contributed by atoms with Crippen LogP contribution in [0.1, 0.15) is 53.9 Å². The molecule has 0 aromatic rings. The van der Waals surface area contributed by atoms with E-state index in [9.17, 15) is 4.79 Å². The minimum absolute atomic E-state index is 0.133. The smallest absolute Gasteiger partial charge is 0.407 e. The Morgan fingerprint density at radius 3 is 2.39 bits per heavy atom. The fraction of sp³-hybridized carbons (Fsp3) is 0.929. The van der Waals surface area contributed by atoms with E-state index >= 15 is 0 Å². The first-order valence-corrected chi connectivity index (χ1v) is 6.64. The average Bonchev–Trinajstić information content (AvgIpc) is 2.11. The number of alkyl carbamates (subject to hydrolysis) is 1. The van der Waals surface area contributed by atoms with Crippen molar-refractivity contribution in [3.63, 3.8) is 0 Å². The number of hydrogen-bond donors (Lipinski definition) is 1. The minimum atomic E-state index is -0.449. The van der Waals surface area contributed by atoms with E-state index in [2.05, 4.69) is 19.2 Å². The summed E-state index contributed by atoms with van der Waals surface area (Å²) in [5.41, 5.74) is -0.256. The van der Waals surface area contributed by atoms with Crippen molar-refractivity contribution in [2.45, 2.75) is 71.6 Å². The molecule has 1 amide bonds. The van der Waals surface area contributed by atoms with Crippen LogP contribution in [0.2, 0.25) is 0 Å². The van der Waals surface area contributed by atoms with Crippen LogP contribution in [-0.2, 0) is 9.47 Å². The van der Waals surface area contributed by atoms with Crippen molar-refractivity contribution in [1.82, 2.24) is 5.32 Å². The van der Waals surface area contributed by atoms with Gasteiger partial charge in [-0.1, -0.05) is 13.8 Å². The molecule has 1 aliphatic carbocycles. The summed E-state index contributed by atoms with van der Waals surface area (Å²) in [6.07, 6.45) is 2.75. The van der Waals surface area contributed by atoms with Crippen LogP contribution in [0.3, 0.4) is 0 Å². The molecule has 0 unspecified atom stereocenters. The molecule has 0 spiro atoms. The fourth-order valence-electron chi connectivity index (χ4n) is 2.61. The SMILES string of the molecule is CO[C@@H]1C[C@@H](NC(=O)OC(C)(C)C)CC(C)(C)C1. The Morgan fingerprint density at radius 1 is 1.28 bits per heavy atom. The normalized spacial score (nSPS) is 27.7. The van der Waals surface area contributed by atoms with Crippen molar-refractivity contribution in [3.8, 4) is 0 Å². The predicted octanol–water partition coefficient (Wildman–Crippen LogP) is 3.10. The van der Waals surface area contributed by atoms with Crippen molar-refractivity contribution in [2.24, 2.45) is 5.41 Å². The van der Waals surface area contributed by atoms with E-state index in [0.717, 1.165) is 19.3 Å². The topological polar surface area (TPSA) is 47.6 Å². The second-order valence-electron chi connectivity index (χ2n) is 7.01. The summed E-state index contributed by atoms with van der Waals surface area (Å²) in [5, 5.41) is 2.95. The van der Waals surface area contributed by atoms with Crippen molar-refractivity contribution in [1.29, 1.82) is 0 Å². The molecule has 1 fully saturated rings. The summed E-state index contributed by atoms with van der Waals surface area (Å²) in [6.45, 7) is 10.0. The zero-order chi connectivity index (χ0) is 14.0. The lowest BCUT2D eigenvalue weighted by atomic mass is 9.74. The number of rotatable bonds is 2. The molecule has 1 N–H and O–H groups in total. The molecule has 0 bridgehead atoms. The number of carbonyl (C=O) groups excluding carboxylic acids is 1. The van der Waals surface area contributed by atoms with E-state index in [-0.39, 0.29) is 23.7 Å². The molecule has 2 atom stereocenters. The zero-order valence-electron chi connectivity index (χ0n) is 12.5. The second-order valence-corrected chi connectivity index (χ2v) is 7.01. The predicted molar refractivity (Wildman–Crippen MR) is 71.6 cm³/mol. The van der Waals surface area contributed by atoms with Gasteiger partial charge in [-0.3, -0.25) is 0 Å². The van der Waals surface area contributed by atoms with Gasteiger partial charge in [0.2, 0.25) is 0 Å². The fourth-order valence-corrected chi connectivity index (χ4v) is 2.61. The number of methoxy groups -OCH3 is 1. The van der Waals surface area contributed by atoms with Crippen molar-refractivity contribution in [2.75, 3.05) is 7.11 Å². The van der Waals surface area contributed by atoms with E-state index in [0.29, 0.717) is 0 Å². The van der Waals surface area contributed by atoms with Crippen LogP contribution < -0.4 is 5.32 Å². The molecular formula is C14H27NO3. The summed E-state index contributed by atoms with van der Waals surface area (Å²) in [4.78, 5) is 11.8. The third kappa shape index (κ3) is 5.25. The van der Waals surface area contributed by atoms with Crippen LogP contribution in [0.25, 0.3) is 0 Å². The maximum absolute atomic E-state index is 11.8. The Morgan fingerprint density at radius 2 is 1.89 bits per heavy atom. The van der Waals surface area contributed by atoms with E-state index in [1.54, 1.807) is 7.11 Å². The molecule has 1 rings (SSSR count). The van der Waals surface area contributed by atoms with Gasteiger partial charge in [-0.05, 0) is 45.4 Å². The van der Waals surface area contributed by atoms with Gasteiger partial charge in [0.15, 0.2) is 0 Å². The van der Waals surface area contributed by atoms with Crippen molar-refractivity contribution in [3.05, 3.63) is 0 Å². The average molecular weight is 257 g/mol. The summed E-state index contributed by atoms with van der Waals surface area (Å²) in [5.74, 6) is 0. The Balaban J connectivity index is 2.53. The van der Waals surface area contributed by atoms with E-state index in [1.165, 1.54) is 0 Å². The molecule has 1 aliphatic rings. The lowest BCUT2D eigenvalue weighted by Gasteiger charge is -2.39. The highest BCUT2D eigenvalue weighted by Crippen LogP contribution is 2.36. The van der Waals surface area contributed by atoms with Gasteiger partial charge < -0.3 is 14.8 Å². The molecule has 0 saturated heterocycles. The quantitative estimate of drug-likeness (QED) is 0.827. The summed E-state index contributed by atoms with van der Waals surface area (Å²) in [6, 6.07) is 0.133. The molecule has 18 heavy (non-hydrogen) atoms. The Labute approximate surface area is 110 Å². The third-order valence-electron chi connectivity index (χ3n) is 3.18. The van der Waals surface area contributed by atoms with Crippen LogP contribution in [-0.4, -0.2) is 30.9 Å². The first-order valence-electron chi connectivity index (χ1n) is 6.64. The highest BCUT2D eigenvalue weighted by Gasteiger charge is 2.35. The maximum atomic E-state index is 11.8. The molecule has 0 aromatic carbocycles. The van der Waals surface area contributed by atoms with E-state index in [1.807, 2.05) is 20.8 Å². The highest BCUT2D eigenvalue weighted by molar-refractivity contribution is 5.68. The highest BCUT2D eigenvalue weighted by atomic mass is 16.6. The Bertz CT molecular complexity index is 294. The van der Waals surface area contributed by atoms with Crippen molar-refractivity contribution < 1.29 is 14.3 Å². The number of hydrogen-bond acceptors (Lipinski definition) is 3. The second kappa shape index (κ2) is 5.47. The van der Waals surface area contributed by atoms with Gasteiger partial charge in [-0.15, -0.1) is 0 Å². The lowest BCUT2D eigenvalue weighted by molar-refractivity contribution is 0.00570. The van der Waals surface area contributed by atoms with Crippen LogP contribution in [0.15, 0.2) is 0 Å². The standard InChI is InChI=1S/C14H27NO3/c1-13(2,3)18-12(16)15-10-7-11(17-6)9-14(4,5)8-10/h10-11H,7-9H2,1-6H3,(H,15,16)/t10-,11-/m1/s1. The van der Waals surface area contributed by atoms with Crippen molar-refractivity contribution >= 4 is 6.09 Å². The molecule has 4 nitrogen and oxygen atoms in total. The molecule has 0 aliphatic heterocycles. The maximum Gasteiger partial charge on any atom is 0.407 e. The van der Waals surface area contributed by atoms with Gasteiger partial charge in [0, 0.05) is 13.2 Å². The largest absolute Gasteiger partial charge is 0.444 e. The van der Waals surface area contributed by atoms with Crippen LogP contribution >= 0.6 is 0 Å². The molecule has 106 valence electrons. The third-order valence-corrected chi connectivity index (χ3v) is 3.18. The number of nitrogens with one attached hydrogen (secondary N) is 1. The zero-order valence-corrected chi connectivity index (χ0v) is 12.5. The number of carbonyl (C=O) groups is 1. The molecule has 0 heterocycles. The van der Waals surface area contributed by atoms with Gasteiger partial charge in [-0.2, -0.15) is 0 Å². The number of amides is 1. The van der Waals surface area contributed by atoms with Crippen LogP contribution in [0, 0.1) is 5.41 Å². The summed E-state index contributed by atoms with van der Waals surface area (Å²) < 4.78 is 10.7. The first kappa shape index (κ1) is 15.3. The van der Waals surface area contributed by atoms with E-state index in [4.69, 9.17) is 9.47 Å². The van der Waals surface area contributed by atoms with Gasteiger partial charge in [0.25, 0.3) is 0 Å². The summed E-state index contributed by atoms with van der Waals surface area (Å²) in [7, 11) is 1.73.